The van der Waals surface area contributed by atoms with Crippen LogP contribution in [0.3, 0.4) is 0 Å². The van der Waals surface area contributed by atoms with Crippen LogP contribution in [-0.4, -0.2) is 69.4 Å². The van der Waals surface area contributed by atoms with Crippen molar-refractivity contribution in [1.82, 2.24) is 9.55 Å². The molecule has 0 bridgehead atoms. The highest BCUT2D eigenvalue weighted by molar-refractivity contribution is 7.54. The Morgan fingerprint density at radius 2 is 1.52 bits per heavy atom. The Balaban J connectivity index is 2.80. The molecule has 1 aliphatic heterocycles. The van der Waals surface area contributed by atoms with E-state index in [1.807, 2.05) is 0 Å². The molecule has 3 N–H and O–H groups in total. The molecule has 0 aliphatic carbocycles. The molecule has 5 atom stereocenters. The Kier molecular flexibility index (Phi) is 11.8. The van der Waals surface area contributed by atoms with Crippen molar-refractivity contribution in [2.24, 2.45) is 5.73 Å². The molecule has 0 radical (unpaired) electrons. The Morgan fingerprint density at radius 3 is 1.93 bits per heavy atom. The Morgan fingerprint density at radius 1 is 1.05 bits per heavy atom. The van der Waals surface area contributed by atoms with Gasteiger partial charge in [0.2, 0.25) is 5.91 Å². The molecule has 0 unspecified atom stereocenters. The summed E-state index contributed by atoms with van der Waals surface area (Å²) < 4.78 is 47.1. The molecule has 42 heavy (non-hydrogen) atoms. The zero-order chi connectivity index (χ0) is 32.5. The first kappa shape index (κ1) is 37.0. The van der Waals surface area contributed by atoms with Crippen LogP contribution in [0.15, 0.2) is 17.1 Å². The summed E-state index contributed by atoms with van der Waals surface area (Å²) in [6.07, 6.45) is -2.15. The van der Waals surface area contributed by atoms with Crippen molar-refractivity contribution in [2.45, 2.75) is 129 Å². The molecule has 1 amide bonds. The molecule has 2 heterocycles. The third kappa shape index (κ3) is 8.27. The first-order chi connectivity index (χ1) is 19.0. The van der Waals surface area contributed by atoms with E-state index in [-0.39, 0.29) is 35.0 Å². The van der Waals surface area contributed by atoms with Crippen LogP contribution in [0.5, 0.6) is 0 Å². The Labute approximate surface area is 253 Å². The van der Waals surface area contributed by atoms with Gasteiger partial charge in [0, 0.05) is 13.1 Å². The number of anilines is 1. The lowest BCUT2D eigenvalue weighted by Gasteiger charge is -2.44. The number of carbonyl (C=O) groups excluding carboxylic acids is 1. The summed E-state index contributed by atoms with van der Waals surface area (Å²) >= 11 is 0. The van der Waals surface area contributed by atoms with Gasteiger partial charge in [-0.2, -0.15) is 4.98 Å². The van der Waals surface area contributed by atoms with Crippen LogP contribution in [0, 0.1) is 0 Å². The average Bonchev–Trinajstić information content (AvgIpc) is 3.13. The van der Waals surface area contributed by atoms with Gasteiger partial charge in [-0.05, 0) is 56.2 Å². The molecule has 1 fully saturated rings. The minimum atomic E-state index is -3.87. The van der Waals surface area contributed by atoms with Crippen LogP contribution in [0.2, 0.25) is 36.3 Å². The van der Waals surface area contributed by atoms with Gasteiger partial charge in [0.1, 0.15) is 29.9 Å². The van der Waals surface area contributed by atoms with Gasteiger partial charge in [0.25, 0.3) is 0 Å². The molecule has 242 valence electrons. The molecule has 1 aliphatic rings. The lowest BCUT2D eigenvalue weighted by atomic mass is 10.1. The maximum atomic E-state index is 14.0. The molecule has 15 heteroatoms. The predicted molar refractivity (Wildman–Crippen MR) is 170 cm³/mol. The highest BCUT2D eigenvalue weighted by Gasteiger charge is 2.58. The highest BCUT2D eigenvalue weighted by Crippen LogP contribution is 2.56. The molecular formula is C27H53N4O8PSi2. The summed E-state index contributed by atoms with van der Waals surface area (Å²) in [7, 11) is -8.89. The fourth-order valence-corrected chi connectivity index (χ4v) is 8.39. The standard InChI is InChI=1S/C27H53N4O8PSi2/c1-14-35-40(34,36-15-2)23(28)21-20(38-41(10,11)26(4,5)6)22(39-42(12,13)27(7,8)9)24(37-21)31-17-16-19(29-18(3)32)30-25(31)33/h16-17,20-24H,14-15,28H2,1-13H3,(H,29,30,32,33)/t20-,21+,22-,23+,24-/m1/s1. The summed E-state index contributed by atoms with van der Waals surface area (Å²) in [5, 5.41) is 2.14. The summed E-state index contributed by atoms with van der Waals surface area (Å²) in [6.45, 7) is 26.1. The van der Waals surface area contributed by atoms with E-state index in [0.717, 1.165) is 0 Å². The van der Waals surface area contributed by atoms with Crippen molar-refractivity contribution in [2.75, 3.05) is 18.5 Å². The predicted octanol–water partition coefficient (Wildman–Crippen LogP) is 5.43. The van der Waals surface area contributed by atoms with E-state index in [4.69, 9.17) is 28.4 Å². The maximum absolute atomic E-state index is 14.0. The summed E-state index contributed by atoms with van der Waals surface area (Å²) in [5.41, 5.74) is 6.06. The van der Waals surface area contributed by atoms with E-state index >= 15 is 0 Å². The van der Waals surface area contributed by atoms with Gasteiger partial charge in [-0.1, -0.05) is 41.5 Å². The fraction of sp³-hybridized carbons (Fsp3) is 0.815. The van der Waals surface area contributed by atoms with Crippen molar-refractivity contribution < 1.29 is 32.0 Å². The zero-order valence-electron chi connectivity index (χ0n) is 27.6. The number of hydrogen-bond donors (Lipinski definition) is 2. The number of nitrogens with zero attached hydrogens (tertiary/aromatic N) is 2. The van der Waals surface area contributed by atoms with E-state index < -0.39 is 60.2 Å². The van der Waals surface area contributed by atoms with Crippen LogP contribution in [-0.2, 0) is 32.0 Å². The third-order valence-electron chi connectivity index (χ3n) is 8.43. The molecule has 1 aromatic rings. The second-order valence-electron chi connectivity index (χ2n) is 13.7. The number of amides is 1. The largest absolute Gasteiger partial charge is 0.408 e. The van der Waals surface area contributed by atoms with Crippen LogP contribution >= 0.6 is 7.60 Å². The minimum Gasteiger partial charge on any atom is -0.408 e. The molecule has 1 aromatic heterocycles. The molecular weight excluding hydrogens is 595 g/mol. The quantitative estimate of drug-likeness (QED) is 0.222. The summed E-state index contributed by atoms with van der Waals surface area (Å²) in [5.74, 6) is -1.47. The number of aromatic nitrogens is 2. The van der Waals surface area contributed by atoms with Crippen molar-refractivity contribution >= 4 is 36.0 Å². The van der Waals surface area contributed by atoms with Gasteiger partial charge < -0.3 is 33.7 Å². The average molecular weight is 649 g/mol. The Hall–Kier alpha value is -1.23. The molecule has 0 saturated carbocycles. The molecule has 1 saturated heterocycles. The van der Waals surface area contributed by atoms with Gasteiger partial charge in [-0.15, -0.1) is 0 Å². The molecule has 2 rings (SSSR count). The van der Waals surface area contributed by atoms with E-state index in [1.165, 1.54) is 23.8 Å². The van der Waals surface area contributed by atoms with Crippen molar-refractivity contribution in [3.05, 3.63) is 22.7 Å². The third-order valence-corrected chi connectivity index (χ3v) is 19.6. The summed E-state index contributed by atoms with van der Waals surface area (Å²) in [6, 6.07) is 1.51. The smallest absolute Gasteiger partial charge is 0.351 e. The number of hydrogen-bond acceptors (Lipinski definition) is 10. The van der Waals surface area contributed by atoms with Crippen molar-refractivity contribution in [3.63, 3.8) is 0 Å². The second kappa shape index (κ2) is 13.4. The topological polar surface area (TPSA) is 153 Å². The van der Waals surface area contributed by atoms with Gasteiger partial charge in [0.05, 0.1) is 13.2 Å². The lowest BCUT2D eigenvalue weighted by molar-refractivity contribution is -0.114. The van der Waals surface area contributed by atoms with E-state index in [9.17, 15) is 14.2 Å². The fourth-order valence-electron chi connectivity index (χ4n) is 4.06. The van der Waals surface area contributed by atoms with Crippen molar-refractivity contribution in [3.8, 4) is 0 Å². The second-order valence-corrected chi connectivity index (χ2v) is 25.4. The zero-order valence-corrected chi connectivity index (χ0v) is 30.5. The summed E-state index contributed by atoms with van der Waals surface area (Å²) in [4.78, 5) is 29.0. The number of rotatable bonds is 12. The maximum Gasteiger partial charge on any atom is 0.351 e. The van der Waals surface area contributed by atoms with E-state index in [2.05, 4.69) is 78.0 Å². The Bertz CT molecular complexity index is 1190. The SMILES string of the molecule is CCOP(=O)(OCC)[C@H](N)[C@H]1O[C@@H](n2ccc(NC(C)=O)nc2=O)[C@H](O[Si](C)(C)C(C)(C)C)[C@@H]1O[Si](C)(C)C(C)(C)C. The molecule has 12 nitrogen and oxygen atoms in total. The molecule has 0 spiro atoms. The van der Waals surface area contributed by atoms with Crippen molar-refractivity contribution in [1.29, 1.82) is 0 Å². The highest BCUT2D eigenvalue weighted by atomic mass is 31.2. The number of ether oxygens (including phenoxy) is 1. The number of carbonyl (C=O) groups is 1. The molecule has 0 aromatic carbocycles. The first-order valence-corrected chi connectivity index (χ1v) is 22.0. The van der Waals surface area contributed by atoms with Gasteiger partial charge in [-0.25, -0.2) is 4.79 Å². The number of nitrogens with two attached hydrogens (primary N) is 1. The minimum absolute atomic E-state index is 0.114. The van der Waals surface area contributed by atoms with Gasteiger partial charge in [-0.3, -0.25) is 13.9 Å². The number of nitrogens with one attached hydrogen (secondary N) is 1. The van der Waals surface area contributed by atoms with E-state index in [0.29, 0.717) is 0 Å². The lowest BCUT2D eigenvalue weighted by Crippen LogP contribution is -2.56. The monoisotopic (exact) mass is 648 g/mol. The normalized spacial score (nSPS) is 23.2. The first-order valence-electron chi connectivity index (χ1n) is 14.5. The van der Waals surface area contributed by atoms with Gasteiger partial charge in [0.15, 0.2) is 22.9 Å². The van der Waals surface area contributed by atoms with Crippen LogP contribution in [0.1, 0.15) is 68.5 Å². The van der Waals surface area contributed by atoms with Crippen LogP contribution < -0.4 is 16.7 Å². The van der Waals surface area contributed by atoms with Crippen LogP contribution in [0.4, 0.5) is 5.82 Å². The van der Waals surface area contributed by atoms with E-state index in [1.54, 1.807) is 13.8 Å². The van der Waals surface area contributed by atoms with Gasteiger partial charge >= 0.3 is 13.3 Å². The van der Waals surface area contributed by atoms with Crippen LogP contribution in [0.25, 0.3) is 0 Å².